The molecule has 3 rings (SSSR count). The van der Waals surface area contributed by atoms with Gasteiger partial charge in [-0.15, -0.1) is 0 Å². The largest absolute Gasteiger partial charge is 0.355 e. The number of pyridine rings is 2. The highest BCUT2D eigenvalue weighted by molar-refractivity contribution is 5.94. The Hall–Kier alpha value is -2.63. The third-order valence-corrected chi connectivity index (χ3v) is 4.53. The summed E-state index contributed by atoms with van der Waals surface area (Å²) in [4.78, 5) is 34.0. The van der Waals surface area contributed by atoms with E-state index in [9.17, 15) is 9.59 Å². The summed E-state index contributed by atoms with van der Waals surface area (Å²) in [6.07, 6.45) is 3.65. The van der Waals surface area contributed by atoms with Crippen LogP contribution in [0.5, 0.6) is 0 Å². The van der Waals surface area contributed by atoms with Gasteiger partial charge in [0, 0.05) is 31.0 Å². The molecule has 6 heteroatoms. The number of nitrogens with zero attached hydrogens (tertiary/aromatic N) is 2. The molecule has 1 amide bonds. The van der Waals surface area contributed by atoms with Crippen molar-refractivity contribution in [2.75, 3.05) is 18.0 Å². The molecular weight excluding hydrogens is 316 g/mol. The fourth-order valence-electron chi connectivity index (χ4n) is 3.11. The molecule has 1 unspecified atom stereocenters. The number of rotatable bonds is 4. The van der Waals surface area contributed by atoms with E-state index >= 15 is 0 Å². The van der Waals surface area contributed by atoms with E-state index in [1.54, 1.807) is 12.3 Å². The van der Waals surface area contributed by atoms with Crippen LogP contribution in [0.25, 0.3) is 0 Å². The molecule has 1 aliphatic heterocycles. The van der Waals surface area contributed by atoms with Gasteiger partial charge in [0.05, 0.1) is 0 Å². The van der Waals surface area contributed by atoms with Gasteiger partial charge in [0.15, 0.2) is 0 Å². The van der Waals surface area contributed by atoms with E-state index in [2.05, 4.69) is 20.2 Å². The summed E-state index contributed by atoms with van der Waals surface area (Å²) in [6.45, 7) is 5.62. The number of anilines is 1. The summed E-state index contributed by atoms with van der Waals surface area (Å²) in [5, 5.41) is 3.00. The first-order valence-electron chi connectivity index (χ1n) is 8.74. The van der Waals surface area contributed by atoms with E-state index < -0.39 is 0 Å². The molecule has 0 bridgehead atoms. The second-order valence-electron chi connectivity index (χ2n) is 6.76. The summed E-state index contributed by atoms with van der Waals surface area (Å²) in [5.74, 6) is 0.820. The lowest BCUT2D eigenvalue weighted by atomic mass is 10.0. The Morgan fingerprint density at radius 1 is 1.32 bits per heavy atom. The molecular formula is C19H24N4O2. The minimum Gasteiger partial charge on any atom is -0.355 e. The summed E-state index contributed by atoms with van der Waals surface area (Å²) in [6, 6.07) is 9.25. The second-order valence-corrected chi connectivity index (χ2v) is 6.76. The van der Waals surface area contributed by atoms with Crippen molar-refractivity contribution in [3.05, 3.63) is 58.1 Å². The van der Waals surface area contributed by atoms with Crippen LogP contribution in [0.2, 0.25) is 0 Å². The van der Waals surface area contributed by atoms with E-state index in [-0.39, 0.29) is 29.0 Å². The van der Waals surface area contributed by atoms with Crippen molar-refractivity contribution in [3.8, 4) is 0 Å². The van der Waals surface area contributed by atoms with Gasteiger partial charge >= 0.3 is 0 Å². The Labute approximate surface area is 147 Å². The fraction of sp³-hybridized carbons (Fsp3) is 0.421. The minimum absolute atomic E-state index is 0.00688. The van der Waals surface area contributed by atoms with Crippen molar-refractivity contribution >= 4 is 11.7 Å². The van der Waals surface area contributed by atoms with Gasteiger partial charge in [-0.1, -0.05) is 19.9 Å². The molecule has 1 saturated heterocycles. The highest BCUT2D eigenvalue weighted by atomic mass is 16.2. The van der Waals surface area contributed by atoms with Crippen LogP contribution in [-0.2, 0) is 0 Å². The summed E-state index contributed by atoms with van der Waals surface area (Å²) in [5.41, 5.74) is 0.668. The van der Waals surface area contributed by atoms with Gasteiger partial charge < -0.3 is 15.2 Å². The second kappa shape index (κ2) is 7.51. The molecule has 132 valence electrons. The van der Waals surface area contributed by atoms with Gasteiger partial charge in [-0.25, -0.2) is 4.98 Å². The summed E-state index contributed by atoms with van der Waals surface area (Å²) >= 11 is 0. The predicted molar refractivity (Wildman–Crippen MR) is 98.1 cm³/mol. The Morgan fingerprint density at radius 3 is 2.84 bits per heavy atom. The zero-order valence-corrected chi connectivity index (χ0v) is 14.7. The number of aromatic nitrogens is 2. The van der Waals surface area contributed by atoms with E-state index in [4.69, 9.17) is 0 Å². The molecule has 0 aliphatic carbocycles. The Bertz CT molecular complexity index is 786. The molecule has 2 aromatic heterocycles. The maximum atomic E-state index is 12.5. The number of H-pyrrole nitrogens is 1. The van der Waals surface area contributed by atoms with Crippen molar-refractivity contribution in [1.82, 2.24) is 15.3 Å². The van der Waals surface area contributed by atoms with Gasteiger partial charge in [-0.3, -0.25) is 9.59 Å². The molecule has 3 heterocycles. The van der Waals surface area contributed by atoms with Crippen LogP contribution in [0, 0.1) is 0 Å². The molecule has 1 fully saturated rings. The van der Waals surface area contributed by atoms with Crippen molar-refractivity contribution in [2.45, 2.75) is 38.6 Å². The molecule has 25 heavy (non-hydrogen) atoms. The van der Waals surface area contributed by atoms with Crippen molar-refractivity contribution < 1.29 is 4.79 Å². The van der Waals surface area contributed by atoms with E-state index in [0.29, 0.717) is 6.54 Å². The van der Waals surface area contributed by atoms with Crippen LogP contribution >= 0.6 is 0 Å². The lowest BCUT2D eigenvalue weighted by Crippen LogP contribution is -2.48. The average molecular weight is 340 g/mol. The molecule has 2 aromatic rings. The van der Waals surface area contributed by atoms with Crippen LogP contribution in [0.4, 0.5) is 5.82 Å². The number of hydrogen-bond acceptors (Lipinski definition) is 4. The Balaban J connectivity index is 1.67. The topological polar surface area (TPSA) is 78.1 Å². The van der Waals surface area contributed by atoms with Crippen LogP contribution in [0.3, 0.4) is 0 Å². The number of aromatic amines is 1. The number of hydrogen-bond donors (Lipinski definition) is 2. The van der Waals surface area contributed by atoms with E-state index in [1.807, 2.05) is 38.1 Å². The Morgan fingerprint density at radius 2 is 2.16 bits per heavy atom. The first kappa shape index (κ1) is 17.2. The van der Waals surface area contributed by atoms with Crippen LogP contribution in [0.1, 0.15) is 48.7 Å². The predicted octanol–water partition coefficient (Wildman–Crippen LogP) is 2.29. The first-order valence-corrected chi connectivity index (χ1v) is 8.74. The number of carbonyl (C=O) groups excluding carboxylic acids is 1. The fourth-order valence-corrected chi connectivity index (χ4v) is 3.11. The Kier molecular flexibility index (Phi) is 5.16. The van der Waals surface area contributed by atoms with Crippen LogP contribution < -0.4 is 15.8 Å². The van der Waals surface area contributed by atoms with Crippen molar-refractivity contribution in [2.24, 2.45) is 0 Å². The summed E-state index contributed by atoms with van der Waals surface area (Å²) in [7, 11) is 0. The molecule has 2 N–H and O–H groups in total. The van der Waals surface area contributed by atoms with E-state index in [1.165, 1.54) is 0 Å². The average Bonchev–Trinajstić information content (AvgIpc) is 2.62. The number of amides is 1. The molecule has 0 radical (unpaired) electrons. The maximum Gasteiger partial charge on any atom is 0.261 e. The molecule has 1 aliphatic rings. The third-order valence-electron chi connectivity index (χ3n) is 4.53. The normalized spacial score (nSPS) is 17.6. The van der Waals surface area contributed by atoms with Crippen molar-refractivity contribution in [1.29, 1.82) is 0 Å². The molecule has 0 saturated carbocycles. The highest BCUT2D eigenvalue weighted by Gasteiger charge is 2.23. The SMILES string of the molecule is CC(C)c1ccc(C(=O)NC2CCCN(c3ccccn3)C2)c(=O)[nH]1. The zero-order chi connectivity index (χ0) is 17.8. The van der Waals surface area contributed by atoms with Gasteiger partial charge in [0.25, 0.3) is 11.5 Å². The summed E-state index contributed by atoms with van der Waals surface area (Å²) < 4.78 is 0. The van der Waals surface area contributed by atoms with E-state index in [0.717, 1.165) is 30.9 Å². The van der Waals surface area contributed by atoms with Gasteiger partial charge in [-0.2, -0.15) is 0 Å². The first-order chi connectivity index (χ1) is 12.0. The molecule has 0 spiro atoms. The quantitative estimate of drug-likeness (QED) is 0.895. The van der Waals surface area contributed by atoms with Crippen molar-refractivity contribution in [3.63, 3.8) is 0 Å². The molecule has 1 atom stereocenters. The van der Waals surface area contributed by atoms with Crippen LogP contribution in [-0.4, -0.2) is 35.0 Å². The minimum atomic E-state index is -0.332. The maximum absolute atomic E-state index is 12.5. The number of nitrogens with one attached hydrogen (secondary N) is 2. The third kappa shape index (κ3) is 4.07. The van der Waals surface area contributed by atoms with Gasteiger partial charge in [0.1, 0.15) is 11.4 Å². The molecule has 6 nitrogen and oxygen atoms in total. The molecule has 0 aromatic carbocycles. The standard InChI is InChI=1S/C19H24N4O2/c1-13(2)16-9-8-15(19(25)22-16)18(24)21-14-6-5-11-23(12-14)17-7-3-4-10-20-17/h3-4,7-10,13-14H,5-6,11-12H2,1-2H3,(H,21,24)(H,22,25). The number of piperidine rings is 1. The zero-order valence-electron chi connectivity index (χ0n) is 14.7. The van der Waals surface area contributed by atoms with Gasteiger partial charge in [-0.05, 0) is 43.0 Å². The number of carbonyl (C=O) groups is 1. The lowest BCUT2D eigenvalue weighted by Gasteiger charge is -2.33. The van der Waals surface area contributed by atoms with Gasteiger partial charge in [0.2, 0.25) is 0 Å². The lowest BCUT2D eigenvalue weighted by molar-refractivity contribution is 0.0931. The smallest absolute Gasteiger partial charge is 0.261 e. The van der Waals surface area contributed by atoms with Crippen LogP contribution in [0.15, 0.2) is 41.3 Å². The highest BCUT2D eigenvalue weighted by Crippen LogP contribution is 2.17. The monoisotopic (exact) mass is 340 g/mol.